The molecule has 4 rings (SSSR count). The van der Waals surface area contributed by atoms with E-state index in [1.807, 2.05) is 6.92 Å². The van der Waals surface area contributed by atoms with Crippen LogP contribution in [-0.2, 0) is 4.74 Å². The molecule has 1 aromatic carbocycles. The van der Waals surface area contributed by atoms with Crippen LogP contribution in [0.3, 0.4) is 0 Å². The number of rotatable bonds is 4. The van der Waals surface area contributed by atoms with E-state index in [0.29, 0.717) is 48.3 Å². The van der Waals surface area contributed by atoms with Crippen molar-refractivity contribution in [2.45, 2.75) is 32.5 Å². The molecule has 26 heavy (non-hydrogen) atoms. The van der Waals surface area contributed by atoms with Crippen LogP contribution in [-0.4, -0.2) is 44.3 Å². The second-order valence-electron chi connectivity index (χ2n) is 6.31. The molecule has 0 aliphatic carbocycles. The van der Waals surface area contributed by atoms with Crippen LogP contribution in [0.15, 0.2) is 28.8 Å². The Morgan fingerprint density at radius 3 is 2.77 bits per heavy atom. The summed E-state index contributed by atoms with van der Waals surface area (Å²) in [7, 11) is 0. The van der Waals surface area contributed by atoms with E-state index in [1.165, 1.54) is 0 Å². The van der Waals surface area contributed by atoms with Gasteiger partial charge >= 0.3 is 6.55 Å². The fourth-order valence-corrected chi connectivity index (χ4v) is 3.35. The maximum atomic E-state index is 13.7. The summed E-state index contributed by atoms with van der Waals surface area (Å²) in [5, 5.41) is 3.91. The van der Waals surface area contributed by atoms with E-state index in [1.54, 1.807) is 31.2 Å². The van der Waals surface area contributed by atoms with Crippen LogP contribution in [0.4, 0.5) is 8.78 Å². The highest BCUT2D eigenvalue weighted by molar-refractivity contribution is 5.76. The molecule has 2 atom stereocenters. The lowest BCUT2D eigenvalue weighted by Gasteiger charge is -2.35. The second kappa shape index (κ2) is 6.73. The van der Waals surface area contributed by atoms with Crippen molar-refractivity contribution >= 4 is 11.0 Å². The Balaban J connectivity index is 1.64. The molecular weight excluding hydrogens is 344 g/mol. The monoisotopic (exact) mass is 363 g/mol. The average Bonchev–Trinajstić information content (AvgIpc) is 3.24. The molecule has 138 valence electrons. The molecule has 1 saturated heterocycles. The third kappa shape index (κ3) is 2.97. The number of imidazole rings is 1. The molecule has 3 heterocycles. The van der Waals surface area contributed by atoms with Crippen molar-refractivity contribution in [3.05, 3.63) is 41.8 Å². The highest BCUT2D eigenvalue weighted by atomic mass is 19.3. The highest BCUT2D eigenvalue weighted by Gasteiger charge is 2.32. The molecule has 0 bridgehead atoms. The van der Waals surface area contributed by atoms with E-state index >= 15 is 0 Å². The zero-order valence-electron chi connectivity index (χ0n) is 14.5. The number of fused-ring (bicyclic) bond motifs is 1. The number of alkyl halides is 2. The summed E-state index contributed by atoms with van der Waals surface area (Å²) in [6, 6.07) is 6.63. The van der Waals surface area contributed by atoms with E-state index < -0.39 is 6.55 Å². The van der Waals surface area contributed by atoms with Crippen molar-refractivity contribution in [1.29, 1.82) is 0 Å². The minimum atomic E-state index is -2.66. The van der Waals surface area contributed by atoms with Gasteiger partial charge in [-0.15, -0.1) is 0 Å². The summed E-state index contributed by atoms with van der Waals surface area (Å²) in [4.78, 5) is 10.7. The van der Waals surface area contributed by atoms with Gasteiger partial charge in [0.15, 0.2) is 0 Å². The topological polar surface area (TPSA) is 69.2 Å². The van der Waals surface area contributed by atoms with E-state index in [-0.39, 0.29) is 12.1 Å². The Bertz CT molecular complexity index is 910. The van der Waals surface area contributed by atoms with Crippen molar-refractivity contribution in [3.8, 4) is 0 Å². The van der Waals surface area contributed by atoms with Crippen molar-refractivity contribution in [2.24, 2.45) is 0 Å². The molecule has 1 aliphatic heterocycles. The van der Waals surface area contributed by atoms with Gasteiger partial charge in [0.1, 0.15) is 11.9 Å². The van der Waals surface area contributed by atoms with Crippen molar-refractivity contribution in [2.75, 3.05) is 19.7 Å². The molecule has 9 heteroatoms. The first kappa shape index (κ1) is 17.0. The van der Waals surface area contributed by atoms with Gasteiger partial charge in [-0.3, -0.25) is 9.47 Å². The van der Waals surface area contributed by atoms with E-state index in [9.17, 15) is 8.78 Å². The van der Waals surface area contributed by atoms with Crippen molar-refractivity contribution in [3.63, 3.8) is 0 Å². The van der Waals surface area contributed by atoms with Gasteiger partial charge in [-0.05, 0) is 19.1 Å². The Hall–Kier alpha value is -2.39. The smallest absolute Gasteiger partial charge is 0.320 e. The van der Waals surface area contributed by atoms with Crippen LogP contribution < -0.4 is 0 Å². The van der Waals surface area contributed by atoms with Gasteiger partial charge in [-0.25, -0.2) is 4.98 Å². The quantitative estimate of drug-likeness (QED) is 0.709. The molecule has 3 aromatic rings. The van der Waals surface area contributed by atoms with Gasteiger partial charge < -0.3 is 9.26 Å². The molecule has 1 fully saturated rings. The minimum Gasteiger partial charge on any atom is -0.367 e. The highest BCUT2D eigenvalue weighted by Crippen LogP contribution is 2.32. The molecular formula is C17H19F2N5O2. The summed E-state index contributed by atoms with van der Waals surface area (Å²) in [6.07, 6.45) is -0.354. The first-order chi connectivity index (χ1) is 12.5. The fourth-order valence-electron chi connectivity index (χ4n) is 3.35. The maximum Gasteiger partial charge on any atom is 0.320 e. The van der Waals surface area contributed by atoms with Gasteiger partial charge in [0, 0.05) is 20.0 Å². The lowest BCUT2D eigenvalue weighted by atomic mass is 10.2. The zero-order chi connectivity index (χ0) is 18.3. The Labute approximate surface area is 148 Å². The third-order valence-electron chi connectivity index (χ3n) is 4.67. The number of hydrogen-bond acceptors (Lipinski definition) is 6. The molecule has 0 spiro atoms. The van der Waals surface area contributed by atoms with Crippen LogP contribution in [0.1, 0.15) is 43.2 Å². The fraction of sp³-hybridized carbons (Fsp3) is 0.471. The minimum absolute atomic E-state index is 0.309. The predicted octanol–water partition coefficient (Wildman–Crippen LogP) is 3.26. The number of aryl methyl sites for hydroxylation is 1. The number of ether oxygens (including phenoxy) is 1. The van der Waals surface area contributed by atoms with Crippen molar-refractivity contribution in [1.82, 2.24) is 24.6 Å². The standard InChI is InChI=1S/C17H19F2N5O2/c1-10(16-21-12-5-3-4-6-13(12)24(16)17(18)19)23-7-8-25-14(9-23)15-20-11(2)26-22-15/h3-6,10,14,17H,7-9H2,1-2H3. The molecule has 0 N–H and O–H groups in total. The van der Waals surface area contributed by atoms with Crippen LogP contribution in [0.5, 0.6) is 0 Å². The molecule has 2 unspecified atom stereocenters. The van der Waals surface area contributed by atoms with Crippen LogP contribution in [0.2, 0.25) is 0 Å². The van der Waals surface area contributed by atoms with Gasteiger partial charge in [0.2, 0.25) is 11.7 Å². The molecule has 1 aliphatic rings. The summed E-state index contributed by atoms with van der Waals surface area (Å²) < 4.78 is 39.2. The summed E-state index contributed by atoms with van der Waals surface area (Å²) in [5.74, 6) is 1.28. The number of para-hydroxylation sites is 2. The maximum absolute atomic E-state index is 13.7. The number of benzene rings is 1. The zero-order valence-corrected chi connectivity index (χ0v) is 14.5. The van der Waals surface area contributed by atoms with E-state index in [2.05, 4.69) is 20.0 Å². The number of morpholine rings is 1. The number of halogens is 2. The van der Waals surface area contributed by atoms with Gasteiger partial charge in [0.05, 0.1) is 23.7 Å². The Kier molecular flexibility index (Phi) is 4.41. The Morgan fingerprint density at radius 1 is 1.23 bits per heavy atom. The summed E-state index contributed by atoms with van der Waals surface area (Å²) in [5.41, 5.74) is 0.996. The lowest BCUT2D eigenvalue weighted by Crippen LogP contribution is -2.41. The summed E-state index contributed by atoms with van der Waals surface area (Å²) in [6.45, 7) is 2.48. The van der Waals surface area contributed by atoms with Crippen LogP contribution in [0.25, 0.3) is 11.0 Å². The molecule has 7 nitrogen and oxygen atoms in total. The number of hydrogen-bond donors (Lipinski definition) is 0. The largest absolute Gasteiger partial charge is 0.367 e. The predicted molar refractivity (Wildman–Crippen MR) is 88.7 cm³/mol. The molecule has 0 radical (unpaired) electrons. The molecule has 2 aromatic heterocycles. The number of nitrogens with zero attached hydrogens (tertiary/aromatic N) is 5. The van der Waals surface area contributed by atoms with E-state index in [0.717, 1.165) is 4.57 Å². The van der Waals surface area contributed by atoms with Gasteiger partial charge in [0.25, 0.3) is 0 Å². The lowest BCUT2D eigenvalue weighted by molar-refractivity contribution is -0.0507. The average molecular weight is 363 g/mol. The molecule has 0 amide bonds. The van der Waals surface area contributed by atoms with Crippen LogP contribution in [0, 0.1) is 6.92 Å². The number of aromatic nitrogens is 4. The second-order valence-corrected chi connectivity index (χ2v) is 6.31. The normalized spacial score (nSPS) is 20.1. The third-order valence-corrected chi connectivity index (χ3v) is 4.67. The molecule has 0 saturated carbocycles. The summed E-state index contributed by atoms with van der Waals surface area (Å²) >= 11 is 0. The Morgan fingerprint density at radius 2 is 2.04 bits per heavy atom. The van der Waals surface area contributed by atoms with Gasteiger partial charge in [-0.1, -0.05) is 17.3 Å². The SMILES string of the molecule is Cc1nc(C2CN(C(C)c3nc4ccccc4n3C(F)F)CCO2)no1. The van der Waals surface area contributed by atoms with Crippen molar-refractivity contribution < 1.29 is 18.0 Å². The van der Waals surface area contributed by atoms with E-state index in [4.69, 9.17) is 9.26 Å². The first-order valence-electron chi connectivity index (χ1n) is 8.45. The van der Waals surface area contributed by atoms with Gasteiger partial charge in [-0.2, -0.15) is 13.8 Å². The van der Waals surface area contributed by atoms with Crippen LogP contribution >= 0.6 is 0 Å². The first-order valence-corrected chi connectivity index (χ1v) is 8.45.